The van der Waals surface area contributed by atoms with Crippen LogP contribution >= 0.6 is 11.8 Å². The molecule has 0 spiro atoms. The van der Waals surface area contributed by atoms with E-state index in [1.165, 1.54) is 22.1 Å². The Kier molecular flexibility index (Phi) is 8.68. The van der Waals surface area contributed by atoms with Gasteiger partial charge in [-0.3, -0.25) is 4.79 Å². The number of hydrogen-bond acceptors (Lipinski definition) is 7. The van der Waals surface area contributed by atoms with Gasteiger partial charge in [0.2, 0.25) is 15.9 Å². The van der Waals surface area contributed by atoms with Crippen LogP contribution in [0.25, 0.3) is 0 Å². The molecule has 2 rings (SSSR count). The molecule has 0 saturated heterocycles. The van der Waals surface area contributed by atoms with Crippen molar-refractivity contribution in [1.82, 2.24) is 19.1 Å². The lowest BCUT2D eigenvalue weighted by Gasteiger charge is -2.21. The topological polar surface area (TPSA) is 106 Å². The Bertz CT molecular complexity index is 956. The number of aromatic nitrogens is 3. The molecule has 0 aliphatic rings. The van der Waals surface area contributed by atoms with E-state index in [0.717, 1.165) is 0 Å². The zero-order valence-electron chi connectivity index (χ0n) is 18.0. The molecule has 166 valence electrons. The summed E-state index contributed by atoms with van der Waals surface area (Å²) in [7, 11) is -3.75. The zero-order chi connectivity index (χ0) is 22.3. The average Bonchev–Trinajstić information content (AvgIpc) is 3.17. The third-order valence-corrected chi connectivity index (χ3v) is 7.31. The number of ether oxygens (including phenoxy) is 1. The van der Waals surface area contributed by atoms with Crippen molar-refractivity contribution >= 4 is 33.4 Å². The average molecular weight is 456 g/mol. The summed E-state index contributed by atoms with van der Waals surface area (Å²) in [5.41, 5.74) is 0.389. The van der Waals surface area contributed by atoms with Crippen LogP contribution in [0.4, 0.5) is 5.69 Å². The Morgan fingerprint density at radius 2 is 1.97 bits per heavy atom. The van der Waals surface area contributed by atoms with E-state index in [9.17, 15) is 13.2 Å². The van der Waals surface area contributed by atoms with Gasteiger partial charge in [0, 0.05) is 24.8 Å². The summed E-state index contributed by atoms with van der Waals surface area (Å²) in [5, 5.41) is 11.3. The Morgan fingerprint density at radius 1 is 1.27 bits per heavy atom. The first-order valence-electron chi connectivity index (χ1n) is 9.83. The molecule has 0 aliphatic carbocycles. The molecule has 1 amide bonds. The minimum absolute atomic E-state index is 0.0399. The molecule has 30 heavy (non-hydrogen) atoms. The lowest BCUT2D eigenvalue weighted by molar-refractivity contribution is -0.113. The summed E-state index contributed by atoms with van der Waals surface area (Å²) >= 11 is 1.27. The molecule has 1 N–H and O–H groups in total. The predicted molar refractivity (Wildman–Crippen MR) is 117 cm³/mol. The molecule has 0 saturated carbocycles. The van der Waals surface area contributed by atoms with Crippen molar-refractivity contribution in [2.24, 2.45) is 0 Å². The number of anilines is 1. The number of amides is 1. The van der Waals surface area contributed by atoms with E-state index in [1.807, 2.05) is 18.4 Å². The molecule has 0 atom stereocenters. The van der Waals surface area contributed by atoms with Gasteiger partial charge in [0.15, 0.2) is 5.16 Å². The second kappa shape index (κ2) is 10.8. The van der Waals surface area contributed by atoms with Crippen LogP contribution in [0.15, 0.2) is 34.6 Å². The largest absolute Gasteiger partial charge is 0.492 e. The molecular formula is C19H29N5O4S2. The van der Waals surface area contributed by atoms with Gasteiger partial charge in [-0.05, 0) is 39.0 Å². The number of nitrogens with one attached hydrogen (secondary N) is 1. The molecule has 11 heteroatoms. The van der Waals surface area contributed by atoms with Crippen LogP contribution in [-0.4, -0.2) is 58.8 Å². The van der Waals surface area contributed by atoms with Crippen molar-refractivity contribution in [2.75, 3.05) is 30.8 Å². The Balaban J connectivity index is 2.19. The summed E-state index contributed by atoms with van der Waals surface area (Å²) < 4.78 is 34.8. The van der Waals surface area contributed by atoms with Crippen molar-refractivity contribution in [2.45, 2.75) is 50.7 Å². The number of carbonyl (C=O) groups is 1. The number of rotatable bonds is 11. The van der Waals surface area contributed by atoms with Crippen LogP contribution in [0.2, 0.25) is 0 Å². The van der Waals surface area contributed by atoms with Gasteiger partial charge in [0.25, 0.3) is 0 Å². The zero-order valence-corrected chi connectivity index (χ0v) is 19.6. The molecule has 1 aromatic carbocycles. The van der Waals surface area contributed by atoms with Gasteiger partial charge < -0.3 is 14.6 Å². The van der Waals surface area contributed by atoms with Gasteiger partial charge in [0.1, 0.15) is 17.0 Å². The van der Waals surface area contributed by atoms with Crippen LogP contribution in [0.1, 0.15) is 40.7 Å². The number of benzene rings is 1. The van der Waals surface area contributed by atoms with Crippen LogP contribution in [0, 0.1) is 0 Å². The fraction of sp³-hybridized carbons (Fsp3) is 0.526. The SMILES string of the molecule is CCOc1ccc(NC(=O)CSc2nncn2C(C)C)cc1S(=O)(=O)N(CC)CC. The fourth-order valence-corrected chi connectivity index (χ4v) is 5.24. The number of thioether (sulfide) groups is 1. The lowest BCUT2D eigenvalue weighted by atomic mass is 10.3. The molecule has 0 fully saturated rings. The normalized spacial score (nSPS) is 11.8. The summed E-state index contributed by atoms with van der Waals surface area (Å²) in [6, 6.07) is 4.82. The second-order valence-corrected chi connectivity index (χ2v) is 9.48. The second-order valence-electron chi connectivity index (χ2n) is 6.64. The van der Waals surface area contributed by atoms with Crippen molar-refractivity contribution in [3.63, 3.8) is 0 Å². The highest BCUT2D eigenvalue weighted by molar-refractivity contribution is 7.99. The fourth-order valence-electron chi connectivity index (χ4n) is 2.78. The molecule has 0 bridgehead atoms. The van der Waals surface area contributed by atoms with Crippen molar-refractivity contribution < 1.29 is 17.9 Å². The van der Waals surface area contributed by atoms with E-state index >= 15 is 0 Å². The van der Waals surface area contributed by atoms with E-state index < -0.39 is 10.0 Å². The van der Waals surface area contributed by atoms with Crippen molar-refractivity contribution in [3.05, 3.63) is 24.5 Å². The maximum Gasteiger partial charge on any atom is 0.246 e. The maximum atomic E-state index is 13.0. The summed E-state index contributed by atoms with van der Waals surface area (Å²) in [6.07, 6.45) is 1.63. The highest BCUT2D eigenvalue weighted by atomic mass is 32.2. The van der Waals surface area contributed by atoms with E-state index in [1.54, 1.807) is 39.2 Å². The maximum absolute atomic E-state index is 13.0. The first-order valence-corrected chi connectivity index (χ1v) is 12.3. The highest BCUT2D eigenvalue weighted by Gasteiger charge is 2.26. The van der Waals surface area contributed by atoms with Gasteiger partial charge in [-0.25, -0.2) is 8.42 Å². The molecule has 1 heterocycles. The van der Waals surface area contributed by atoms with Gasteiger partial charge in [-0.1, -0.05) is 25.6 Å². The van der Waals surface area contributed by atoms with E-state index in [-0.39, 0.29) is 28.3 Å². The van der Waals surface area contributed by atoms with E-state index in [2.05, 4.69) is 15.5 Å². The molecule has 0 unspecified atom stereocenters. The minimum Gasteiger partial charge on any atom is -0.492 e. The number of hydrogen-bond donors (Lipinski definition) is 1. The number of sulfonamides is 1. The molecule has 2 aromatic rings. The molecule has 9 nitrogen and oxygen atoms in total. The standard InChI is InChI=1S/C19H29N5O4S2/c1-6-23(7-2)30(26,27)17-11-15(9-10-16(17)28-8-3)21-18(25)12-29-19-22-20-13-24(19)14(4)5/h9-11,13-14H,6-8,12H2,1-5H3,(H,21,25). The van der Waals surface area contributed by atoms with Gasteiger partial charge in [-0.15, -0.1) is 10.2 Å². The third kappa shape index (κ3) is 5.73. The summed E-state index contributed by atoms with van der Waals surface area (Å²) in [5.74, 6) is 0.118. The van der Waals surface area contributed by atoms with Crippen LogP contribution < -0.4 is 10.1 Å². The first-order chi connectivity index (χ1) is 14.2. The predicted octanol–water partition coefficient (Wildman–Crippen LogP) is 3.02. The minimum atomic E-state index is -3.75. The van der Waals surface area contributed by atoms with Gasteiger partial charge in [0.05, 0.1) is 12.4 Å². The smallest absolute Gasteiger partial charge is 0.246 e. The Labute approximate surface area is 182 Å². The highest BCUT2D eigenvalue weighted by Crippen LogP contribution is 2.30. The summed E-state index contributed by atoms with van der Waals surface area (Å²) in [6.45, 7) is 10.4. The molecule has 1 aromatic heterocycles. The van der Waals surface area contributed by atoms with Gasteiger partial charge >= 0.3 is 0 Å². The monoisotopic (exact) mass is 455 g/mol. The van der Waals surface area contributed by atoms with Crippen LogP contribution in [0.3, 0.4) is 0 Å². The van der Waals surface area contributed by atoms with E-state index in [4.69, 9.17) is 4.74 Å². The lowest BCUT2D eigenvalue weighted by Crippen LogP contribution is -2.31. The van der Waals surface area contributed by atoms with E-state index in [0.29, 0.717) is 30.5 Å². The Morgan fingerprint density at radius 3 is 2.57 bits per heavy atom. The quantitative estimate of drug-likeness (QED) is 0.519. The molecular weight excluding hydrogens is 426 g/mol. The van der Waals surface area contributed by atoms with Crippen molar-refractivity contribution in [1.29, 1.82) is 0 Å². The number of carbonyl (C=O) groups excluding carboxylic acids is 1. The Hall–Kier alpha value is -2.11. The number of nitrogens with zero attached hydrogens (tertiary/aromatic N) is 4. The van der Waals surface area contributed by atoms with Crippen LogP contribution in [-0.2, 0) is 14.8 Å². The first kappa shape index (κ1) is 24.2. The van der Waals surface area contributed by atoms with Crippen LogP contribution in [0.5, 0.6) is 5.75 Å². The molecule has 0 aliphatic heterocycles. The van der Waals surface area contributed by atoms with Gasteiger partial charge in [-0.2, -0.15) is 4.31 Å². The summed E-state index contributed by atoms with van der Waals surface area (Å²) in [4.78, 5) is 12.5. The third-order valence-electron chi connectivity index (χ3n) is 4.28. The molecule has 0 radical (unpaired) electrons. The van der Waals surface area contributed by atoms with Crippen molar-refractivity contribution in [3.8, 4) is 5.75 Å².